The predicted octanol–water partition coefficient (Wildman–Crippen LogP) is 4.28. The Labute approximate surface area is 304 Å². The van der Waals surface area contributed by atoms with E-state index in [9.17, 15) is 19.2 Å². The molecule has 0 aliphatic carbocycles. The van der Waals surface area contributed by atoms with Gasteiger partial charge in [-0.25, -0.2) is 0 Å². The molecule has 3 aliphatic rings. The third kappa shape index (κ3) is 8.94. The molecule has 52 heavy (non-hydrogen) atoms. The van der Waals surface area contributed by atoms with Gasteiger partial charge in [0.25, 0.3) is 0 Å². The lowest BCUT2D eigenvalue weighted by Crippen LogP contribution is -2.59. The third-order valence-corrected chi connectivity index (χ3v) is 9.59. The number of hydrogen-bond acceptors (Lipinski definition) is 6. The molecule has 4 aromatic rings. The molecule has 0 aromatic heterocycles. The van der Waals surface area contributed by atoms with Crippen LogP contribution in [0.4, 0.5) is 0 Å². The van der Waals surface area contributed by atoms with Gasteiger partial charge in [0.1, 0.15) is 23.9 Å². The minimum absolute atomic E-state index is 0.148. The van der Waals surface area contributed by atoms with Crippen molar-refractivity contribution in [3.05, 3.63) is 144 Å². The molecule has 0 radical (unpaired) electrons. The number of nitrogens with zero attached hydrogens (tertiary/aromatic N) is 2. The van der Waals surface area contributed by atoms with Crippen LogP contribution in [0.1, 0.15) is 41.2 Å². The molecule has 1 fully saturated rings. The maximum absolute atomic E-state index is 14.5. The highest BCUT2D eigenvalue weighted by atomic mass is 16.5. The molecule has 3 N–H and O–H groups in total. The zero-order valence-corrected chi connectivity index (χ0v) is 29.5. The van der Waals surface area contributed by atoms with E-state index in [1.165, 1.54) is 0 Å². The Kier molecular flexibility index (Phi) is 11.8. The number of fused-ring (bicyclic) bond motifs is 10. The maximum Gasteiger partial charge on any atom is 0.247 e. The lowest BCUT2D eigenvalue weighted by molar-refractivity contribution is -0.143. The summed E-state index contributed by atoms with van der Waals surface area (Å²) in [5, 5.41) is 8.75. The molecule has 1 saturated heterocycles. The number of amides is 4. The fourth-order valence-corrected chi connectivity index (χ4v) is 6.77. The molecule has 2 bridgehead atoms. The number of likely N-dealkylation sites (tertiary alicyclic amines) is 1. The first-order chi connectivity index (χ1) is 25.3. The Hall–Kier alpha value is -5.74. The molecule has 10 nitrogen and oxygen atoms in total. The van der Waals surface area contributed by atoms with Crippen molar-refractivity contribution in [3.8, 4) is 5.75 Å². The van der Waals surface area contributed by atoms with Crippen LogP contribution in [0.25, 0.3) is 6.08 Å². The lowest BCUT2D eigenvalue weighted by Gasteiger charge is -2.34. The zero-order chi connectivity index (χ0) is 36.5. The first-order valence-corrected chi connectivity index (χ1v) is 17.7. The van der Waals surface area contributed by atoms with Crippen LogP contribution in [0.15, 0.2) is 121 Å². The highest BCUT2D eigenvalue weighted by molar-refractivity contribution is 5.96. The molecule has 0 unspecified atom stereocenters. The van der Waals surface area contributed by atoms with Gasteiger partial charge in [0.15, 0.2) is 6.10 Å². The van der Waals surface area contributed by atoms with Crippen molar-refractivity contribution in [1.82, 2.24) is 25.8 Å². The molecule has 4 amide bonds. The van der Waals surface area contributed by atoms with Crippen LogP contribution in [0.2, 0.25) is 0 Å². The fraction of sp³-hybridized carbons (Fsp3) is 0.286. The van der Waals surface area contributed by atoms with Crippen LogP contribution >= 0.6 is 0 Å². The van der Waals surface area contributed by atoms with E-state index in [-0.39, 0.29) is 12.3 Å². The summed E-state index contributed by atoms with van der Waals surface area (Å²) in [5.41, 5.74) is 3.36. The normalized spacial score (nSPS) is 21.7. The van der Waals surface area contributed by atoms with Crippen LogP contribution in [-0.2, 0) is 32.0 Å². The first kappa shape index (κ1) is 36.1. The molecule has 5 atom stereocenters. The van der Waals surface area contributed by atoms with Gasteiger partial charge in [-0.3, -0.25) is 24.1 Å². The highest BCUT2D eigenvalue weighted by Gasteiger charge is 2.42. The Balaban J connectivity index is 1.33. The molecule has 3 aliphatic heterocycles. The van der Waals surface area contributed by atoms with Gasteiger partial charge in [-0.05, 0) is 73.8 Å². The minimum atomic E-state index is -1.27. The zero-order valence-electron chi connectivity index (χ0n) is 29.5. The smallest absolute Gasteiger partial charge is 0.247 e. The van der Waals surface area contributed by atoms with E-state index in [0.717, 1.165) is 16.7 Å². The van der Waals surface area contributed by atoms with E-state index in [1.807, 2.05) is 122 Å². The van der Waals surface area contributed by atoms with Crippen molar-refractivity contribution < 1.29 is 23.9 Å². The van der Waals surface area contributed by atoms with E-state index in [4.69, 9.17) is 4.74 Å². The minimum Gasteiger partial charge on any atom is -0.483 e. The van der Waals surface area contributed by atoms with E-state index >= 15 is 0 Å². The van der Waals surface area contributed by atoms with E-state index < -0.39 is 48.0 Å². The van der Waals surface area contributed by atoms with E-state index in [1.54, 1.807) is 29.3 Å². The number of benzene rings is 4. The monoisotopic (exact) mass is 699 g/mol. The van der Waals surface area contributed by atoms with E-state index in [0.29, 0.717) is 37.1 Å². The second kappa shape index (κ2) is 17.0. The number of carbonyl (C=O) groups is 4. The highest BCUT2D eigenvalue weighted by Crippen LogP contribution is 2.28. The Morgan fingerprint density at radius 2 is 1.48 bits per heavy atom. The number of rotatable bonds is 9. The molecule has 0 spiro atoms. The van der Waals surface area contributed by atoms with Gasteiger partial charge in [-0.15, -0.1) is 0 Å². The fourth-order valence-electron chi connectivity index (χ4n) is 6.77. The summed E-state index contributed by atoms with van der Waals surface area (Å²) in [4.78, 5) is 60.2. The van der Waals surface area contributed by atoms with Crippen molar-refractivity contribution in [2.45, 2.75) is 56.0 Å². The second-order valence-electron chi connectivity index (χ2n) is 13.5. The average Bonchev–Trinajstić information content (AvgIpc) is 3.66. The van der Waals surface area contributed by atoms with Crippen LogP contribution in [0, 0.1) is 0 Å². The molecule has 268 valence electrons. The van der Waals surface area contributed by atoms with Gasteiger partial charge in [-0.2, -0.15) is 0 Å². The van der Waals surface area contributed by atoms with Gasteiger partial charge in [0.2, 0.25) is 23.6 Å². The van der Waals surface area contributed by atoms with Crippen molar-refractivity contribution in [1.29, 1.82) is 0 Å². The maximum atomic E-state index is 14.5. The number of carbonyl (C=O) groups excluding carboxylic acids is 4. The van der Waals surface area contributed by atoms with Crippen molar-refractivity contribution in [2.24, 2.45) is 0 Å². The largest absolute Gasteiger partial charge is 0.483 e. The molecular weight excluding hydrogens is 654 g/mol. The summed E-state index contributed by atoms with van der Waals surface area (Å²) >= 11 is 0. The molecule has 7 rings (SSSR count). The van der Waals surface area contributed by atoms with Crippen LogP contribution in [0.3, 0.4) is 0 Å². The van der Waals surface area contributed by atoms with Crippen molar-refractivity contribution in [3.63, 3.8) is 0 Å². The summed E-state index contributed by atoms with van der Waals surface area (Å²) < 4.78 is 6.55. The third-order valence-electron chi connectivity index (χ3n) is 9.59. The second-order valence-corrected chi connectivity index (χ2v) is 13.5. The molecule has 0 saturated carbocycles. The Bertz CT molecular complexity index is 1850. The predicted molar refractivity (Wildman–Crippen MR) is 200 cm³/mol. The molecule has 10 heteroatoms. The van der Waals surface area contributed by atoms with Gasteiger partial charge < -0.3 is 25.6 Å². The van der Waals surface area contributed by atoms with Crippen LogP contribution in [0.5, 0.6) is 5.75 Å². The summed E-state index contributed by atoms with van der Waals surface area (Å²) in [6.07, 6.45) is 4.13. The summed E-state index contributed by atoms with van der Waals surface area (Å²) in [5.74, 6) is -1.12. The Morgan fingerprint density at radius 1 is 0.846 bits per heavy atom. The average molecular weight is 700 g/mol. The number of likely N-dealkylation sites (N-methyl/N-ethyl adjacent to an activating group) is 1. The van der Waals surface area contributed by atoms with Crippen molar-refractivity contribution in [2.75, 3.05) is 20.6 Å². The van der Waals surface area contributed by atoms with Crippen molar-refractivity contribution >= 4 is 29.7 Å². The molecular formula is C42H45N5O5. The number of ether oxygens (including phenoxy) is 1. The quantitative estimate of drug-likeness (QED) is 0.240. The molecule has 4 aromatic carbocycles. The summed E-state index contributed by atoms with van der Waals surface area (Å²) in [7, 11) is 3.73. The summed E-state index contributed by atoms with van der Waals surface area (Å²) in [6, 6.07) is 32.2. The standard InChI is InChI=1S/C42H45N5O5/c1-46(2)36(28-31-15-8-4-9-16-31)42(51)47-26-12-19-35(47)40(49)45-37-38(32-17-10-5-11-18-32)52-33-22-20-29(21-23-33)24-25-43-39(48)34(44-41(37)50)27-30-13-6-3-7-14-30/h3-11,13-18,20-25,34-38H,12,19,26-28H2,1-2H3,(H,43,48)(H,44,50)(H,45,49)/b25-24-/t34-,35-,36-,37-,38+/m0/s1. The van der Waals surface area contributed by atoms with E-state index in [2.05, 4.69) is 16.0 Å². The summed E-state index contributed by atoms with van der Waals surface area (Å²) in [6.45, 7) is 0.421. The molecule has 3 heterocycles. The Morgan fingerprint density at radius 3 is 2.13 bits per heavy atom. The van der Waals surface area contributed by atoms with Gasteiger partial charge in [-0.1, -0.05) is 103 Å². The van der Waals surface area contributed by atoms with Crippen LogP contribution in [-0.4, -0.2) is 78.2 Å². The SMILES string of the molecule is CN(C)[C@@H](Cc1ccccc1)C(=O)N1CCC[C@H]1C(=O)N[C@@H]1C(=O)N[C@@H](Cc2ccccc2)C(=O)N/C=C\c2ccc(cc2)O[C@@H]1c1ccccc1. The lowest BCUT2D eigenvalue weighted by atomic mass is 9.98. The number of nitrogens with one attached hydrogen (secondary N) is 3. The van der Waals surface area contributed by atoms with Gasteiger partial charge in [0, 0.05) is 19.2 Å². The van der Waals surface area contributed by atoms with Gasteiger partial charge >= 0.3 is 0 Å². The van der Waals surface area contributed by atoms with Gasteiger partial charge in [0.05, 0.1) is 6.04 Å². The van der Waals surface area contributed by atoms with Crippen LogP contribution < -0.4 is 20.7 Å². The first-order valence-electron chi connectivity index (χ1n) is 17.7. The topological polar surface area (TPSA) is 120 Å². The number of hydrogen-bond donors (Lipinski definition) is 3.